The molecule has 4 aromatic rings. The fraction of sp³-hybridized carbons (Fsp3) is 0.231. The van der Waals surface area contributed by atoms with Crippen molar-refractivity contribution in [2.24, 2.45) is 0 Å². The van der Waals surface area contributed by atoms with Crippen molar-refractivity contribution in [3.8, 4) is 17.6 Å². The van der Waals surface area contributed by atoms with Gasteiger partial charge in [0.05, 0.1) is 24.3 Å². The molecule has 0 radical (unpaired) electrons. The van der Waals surface area contributed by atoms with Gasteiger partial charge in [-0.3, -0.25) is 4.79 Å². The Bertz CT molecular complexity index is 1300. The number of H-pyrrole nitrogens is 1. The van der Waals surface area contributed by atoms with Crippen molar-refractivity contribution in [1.29, 1.82) is 0 Å². The van der Waals surface area contributed by atoms with Gasteiger partial charge in [-0.15, -0.1) is 11.3 Å². The fourth-order valence-corrected chi connectivity index (χ4v) is 4.03. The van der Waals surface area contributed by atoms with Crippen molar-refractivity contribution in [2.45, 2.75) is 32.4 Å². The molecule has 0 saturated heterocycles. The minimum absolute atomic E-state index is 0.0938. The number of benzene rings is 2. The molecular weight excluding hydrogens is 434 g/mol. The second kappa shape index (κ2) is 10.3. The summed E-state index contributed by atoms with van der Waals surface area (Å²) in [4.78, 5) is 20.6. The van der Waals surface area contributed by atoms with E-state index in [0.29, 0.717) is 28.3 Å². The van der Waals surface area contributed by atoms with Crippen LogP contribution in [0.1, 0.15) is 40.3 Å². The molecule has 0 aliphatic carbocycles. The van der Waals surface area contributed by atoms with Crippen LogP contribution < -0.4 is 10.1 Å². The van der Waals surface area contributed by atoms with E-state index in [1.54, 1.807) is 18.3 Å². The number of para-hydroxylation sites is 1. The Kier molecular flexibility index (Phi) is 7.08. The van der Waals surface area contributed by atoms with Crippen LogP contribution in [0.5, 0.6) is 5.75 Å². The lowest BCUT2D eigenvalue weighted by Gasteiger charge is -2.19. The van der Waals surface area contributed by atoms with Crippen LogP contribution in [0.3, 0.4) is 0 Å². The Hall–Kier alpha value is -3.60. The Balaban J connectivity index is 1.57. The number of aromatic amines is 1. The van der Waals surface area contributed by atoms with E-state index in [9.17, 15) is 9.90 Å². The first kappa shape index (κ1) is 22.6. The third kappa shape index (κ3) is 5.61. The second-order valence-electron chi connectivity index (χ2n) is 7.88. The summed E-state index contributed by atoms with van der Waals surface area (Å²) in [5, 5.41) is 16.6. The molecule has 0 unspecified atom stereocenters. The van der Waals surface area contributed by atoms with E-state index in [1.165, 1.54) is 11.3 Å². The maximum Gasteiger partial charge on any atom is 0.255 e. The maximum atomic E-state index is 13.2. The number of amides is 1. The molecule has 2 heterocycles. The summed E-state index contributed by atoms with van der Waals surface area (Å²) >= 11 is 1.46. The molecule has 0 saturated carbocycles. The van der Waals surface area contributed by atoms with E-state index in [2.05, 4.69) is 27.1 Å². The lowest BCUT2D eigenvalue weighted by atomic mass is 10.0. The number of fused-ring (bicyclic) bond motifs is 1. The van der Waals surface area contributed by atoms with Crippen LogP contribution >= 0.6 is 11.3 Å². The number of ether oxygens (including phenoxy) is 1. The highest BCUT2D eigenvalue weighted by atomic mass is 32.1. The van der Waals surface area contributed by atoms with Gasteiger partial charge in [0.2, 0.25) is 0 Å². The van der Waals surface area contributed by atoms with Crippen molar-refractivity contribution in [1.82, 2.24) is 15.3 Å². The van der Waals surface area contributed by atoms with Gasteiger partial charge in [0, 0.05) is 34.2 Å². The molecule has 6 nitrogen and oxygen atoms in total. The number of aliphatic hydroxyl groups excluding tert-OH is 1. The number of nitrogens with one attached hydrogen (secondary N) is 2. The normalized spacial score (nSPS) is 11.8. The number of carbonyl (C=O) groups excluding carboxylic acids is 1. The third-order valence-electron chi connectivity index (χ3n) is 5.03. The molecule has 0 spiro atoms. The molecule has 0 bridgehead atoms. The number of carbonyl (C=O) groups is 1. The number of hydrogen-bond donors (Lipinski definition) is 3. The predicted molar refractivity (Wildman–Crippen MR) is 131 cm³/mol. The Morgan fingerprint density at radius 1 is 1.24 bits per heavy atom. The van der Waals surface area contributed by atoms with E-state index >= 15 is 0 Å². The summed E-state index contributed by atoms with van der Waals surface area (Å²) < 4.78 is 5.86. The van der Waals surface area contributed by atoms with Crippen molar-refractivity contribution < 1.29 is 14.6 Å². The number of nitrogens with zero attached hydrogens (tertiary/aromatic N) is 1. The van der Waals surface area contributed by atoms with Crippen LogP contribution in [0.15, 0.2) is 60.2 Å². The Morgan fingerprint density at radius 2 is 2.09 bits per heavy atom. The first-order valence-electron chi connectivity index (χ1n) is 10.7. The zero-order chi connectivity index (χ0) is 23.2. The van der Waals surface area contributed by atoms with Gasteiger partial charge >= 0.3 is 0 Å². The molecule has 2 aromatic carbocycles. The van der Waals surface area contributed by atoms with Gasteiger partial charge in [-0.25, -0.2) is 4.98 Å². The predicted octanol–water partition coefficient (Wildman–Crippen LogP) is 4.14. The molecule has 4 rings (SSSR count). The zero-order valence-electron chi connectivity index (χ0n) is 18.5. The first-order chi connectivity index (χ1) is 16.0. The molecule has 3 N–H and O–H groups in total. The Morgan fingerprint density at radius 3 is 2.85 bits per heavy atom. The second-order valence-corrected chi connectivity index (χ2v) is 8.78. The number of aliphatic hydroxyl groups is 1. The molecule has 0 aliphatic rings. The summed E-state index contributed by atoms with van der Waals surface area (Å²) in [7, 11) is 0. The monoisotopic (exact) mass is 459 g/mol. The average Bonchev–Trinajstić information content (AvgIpc) is 3.48. The van der Waals surface area contributed by atoms with E-state index in [0.717, 1.165) is 16.5 Å². The van der Waals surface area contributed by atoms with E-state index in [-0.39, 0.29) is 18.6 Å². The van der Waals surface area contributed by atoms with E-state index in [1.807, 2.05) is 55.8 Å². The van der Waals surface area contributed by atoms with Crippen LogP contribution in [0.4, 0.5) is 0 Å². The number of thiazole rings is 1. The van der Waals surface area contributed by atoms with Gasteiger partial charge < -0.3 is 20.1 Å². The lowest BCUT2D eigenvalue weighted by Crippen LogP contribution is -2.39. The highest BCUT2D eigenvalue weighted by molar-refractivity contribution is 7.10. The third-order valence-corrected chi connectivity index (χ3v) is 5.72. The molecule has 1 amide bonds. The maximum absolute atomic E-state index is 13.2. The standard InChI is InChI=1S/C26H25N3O3S/c1-17(2)32-24-9-7-18(8-10-25-27-11-12-33-25)13-22(24)26(31)29-20(16-30)14-19-15-28-23-6-4-3-5-21(19)23/h3-7,9,11-13,15,17,20,28,30H,14,16H2,1-2H3,(H,29,31)/t20-/m1/s1. The van der Waals surface area contributed by atoms with Gasteiger partial charge in [-0.05, 0) is 56.0 Å². The highest BCUT2D eigenvalue weighted by Gasteiger charge is 2.19. The van der Waals surface area contributed by atoms with E-state index in [4.69, 9.17) is 4.74 Å². The minimum atomic E-state index is -0.450. The average molecular weight is 460 g/mol. The van der Waals surface area contributed by atoms with Crippen molar-refractivity contribution in [2.75, 3.05) is 6.61 Å². The fourth-order valence-electron chi connectivity index (χ4n) is 3.54. The summed E-state index contributed by atoms with van der Waals surface area (Å²) in [5.74, 6) is 6.22. The molecular formula is C26H25N3O3S. The summed E-state index contributed by atoms with van der Waals surface area (Å²) in [5.41, 5.74) is 3.12. The van der Waals surface area contributed by atoms with Gasteiger partial charge in [0.25, 0.3) is 5.91 Å². The summed E-state index contributed by atoms with van der Waals surface area (Å²) in [6.45, 7) is 3.63. The number of aromatic nitrogens is 2. The van der Waals surface area contributed by atoms with E-state index < -0.39 is 6.04 Å². The largest absolute Gasteiger partial charge is 0.490 e. The molecule has 0 aliphatic heterocycles. The van der Waals surface area contributed by atoms with Crippen LogP contribution in [0, 0.1) is 11.8 Å². The van der Waals surface area contributed by atoms with Crippen molar-refractivity contribution in [3.63, 3.8) is 0 Å². The molecule has 1 atom stereocenters. The topological polar surface area (TPSA) is 87.2 Å². The molecule has 0 fully saturated rings. The molecule has 33 heavy (non-hydrogen) atoms. The lowest BCUT2D eigenvalue weighted by molar-refractivity contribution is 0.0910. The molecule has 2 aromatic heterocycles. The van der Waals surface area contributed by atoms with Crippen LogP contribution in [-0.4, -0.2) is 39.7 Å². The molecule has 7 heteroatoms. The van der Waals surface area contributed by atoms with Crippen LogP contribution in [-0.2, 0) is 6.42 Å². The molecule has 168 valence electrons. The smallest absolute Gasteiger partial charge is 0.255 e. The van der Waals surface area contributed by atoms with Gasteiger partial charge in [0.1, 0.15) is 5.75 Å². The zero-order valence-corrected chi connectivity index (χ0v) is 19.3. The summed E-state index contributed by atoms with van der Waals surface area (Å²) in [6, 6.07) is 12.8. The van der Waals surface area contributed by atoms with Crippen molar-refractivity contribution >= 4 is 28.1 Å². The van der Waals surface area contributed by atoms with Gasteiger partial charge in [-0.2, -0.15) is 0 Å². The highest BCUT2D eigenvalue weighted by Crippen LogP contribution is 2.23. The van der Waals surface area contributed by atoms with Crippen molar-refractivity contribution in [3.05, 3.63) is 81.9 Å². The number of rotatable bonds is 7. The Labute approximate surface area is 196 Å². The van der Waals surface area contributed by atoms with Gasteiger partial charge in [-0.1, -0.05) is 24.1 Å². The van der Waals surface area contributed by atoms with Crippen LogP contribution in [0.25, 0.3) is 10.9 Å². The number of hydrogen-bond acceptors (Lipinski definition) is 5. The minimum Gasteiger partial charge on any atom is -0.490 e. The van der Waals surface area contributed by atoms with Crippen LogP contribution in [0.2, 0.25) is 0 Å². The first-order valence-corrected chi connectivity index (χ1v) is 11.6. The SMILES string of the molecule is CC(C)Oc1ccc(C#Cc2nccs2)cc1C(=O)N[C@@H](CO)Cc1c[nH]c2ccccc12. The quantitative estimate of drug-likeness (QED) is 0.363. The summed E-state index contributed by atoms with van der Waals surface area (Å²) in [6.07, 6.45) is 4.02. The van der Waals surface area contributed by atoms with Gasteiger partial charge in [0.15, 0.2) is 5.01 Å².